The van der Waals surface area contributed by atoms with Gasteiger partial charge in [0.1, 0.15) is 11.5 Å². The van der Waals surface area contributed by atoms with Gasteiger partial charge in [0, 0.05) is 4.47 Å². The molecule has 1 amide bonds. The molecule has 0 unspecified atom stereocenters. The van der Waals surface area contributed by atoms with Crippen molar-refractivity contribution in [2.24, 2.45) is 0 Å². The zero-order valence-electron chi connectivity index (χ0n) is 14.9. The molecule has 0 saturated heterocycles. The maximum Gasteiger partial charge on any atom is 0.290 e. The summed E-state index contributed by atoms with van der Waals surface area (Å²) in [5.41, 5.74) is 0.675. The van der Waals surface area contributed by atoms with E-state index in [0.717, 1.165) is 4.47 Å². The van der Waals surface area contributed by atoms with Crippen LogP contribution in [0.3, 0.4) is 0 Å². The number of nitrogens with zero attached hydrogens (tertiary/aromatic N) is 1. The fourth-order valence-electron chi connectivity index (χ4n) is 3.33. The van der Waals surface area contributed by atoms with E-state index < -0.39 is 23.5 Å². The highest BCUT2D eigenvalue weighted by Crippen LogP contribution is 2.40. The van der Waals surface area contributed by atoms with E-state index in [9.17, 15) is 14.7 Å². The van der Waals surface area contributed by atoms with Crippen molar-refractivity contribution in [3.05, 3.63) is 93.4 Å². The quantitative estimate of drug-likeness (QED) is 0.578. The molecule has 7 heteroatoms. The molecule has 0 saturated carbocycles. The van der Waals surface area contributed by atoms with Crippen LogP contribution in [0.4, 0.5) is 0 Å². The highest BCUT2D eigenvalue weighted by Gasteiger charge is 2.44. The minimum atomic E-state index is -0.770. The third-order valence-corrected chi connectivity index (χ3v) is 5.08. The highest BCUT2D eigenvalue weighted by molar-refractivity contribution is 9.10. The molecule has 1 aliphatic heterocycles. The van der Waals surface area contributed by atoms with Crippen LogP contribution in [-0.4, -0.2) is 21.7 Å². The van der Waals surface area contributed by atoms with E-state index in [0.29, 0.717) is 17.1 Å². The van der Waals surface area contributed by atoms with Crippen molar-refractivity contribution in [1.82, 2.24) is 4.90 Å². The summed E-state index contributed by atoms with van der Waals surface area (Å²) in [5, 5.41) is 10.6. The number of halogens is 1. The number of rotatable bonds is 5. The number of Topliss-reactive ketones (excluding diaryl/α,β-unsaturated/α-hetero) is 1. The van der Waals surface area contributed by atoms with Crippen LogP contribution in [0.1, 0.15) is 33.7 Å². The molecule has 0 fully saturated rings. The molecule has 1 N–H and O–H groups in total. The number of hydrogen-bond acceptors (Lipinski definition) is 5. The predicted molar refractivity (Wildman–Crippen MR) is 104 cm³/mol. The van der Waals surface area contributed by atoms with Gasteiger partial charge < -0.3 is 18.8 Å². The van der Waals surface area contributed by atoms with E-state index in [1.54, 1.807) is 31.2 Å². The first-order valence-corrected chi connectivity index (χ1v) is 9.38. The van der Waals surface area contributed by atoms with Gasteiger partial charge in [0.2, 0.25) is 5.78 Å². The second-order valence-electron chi connectivity index (χ2n) is 6.47. The summed E-state index contributed by atoms with van der Waals surface area (Å²) in [6.07, 6.45) is 1.51. The number of carbonyl (C=O) groups excluding carboxylic acids is 2. The Hall–Kier alpha value is -3.06. The molecule has 142 valence electrons. The standard InChI is InChI=1S/C21H16BrNO5/c1-12-7-8-16(28-12)19(24)17-18(13-4-2-5-14(22)10-13)23(21(26)20(17)25)11-15-6-3-9-27-15/h2-10,18,25H,11H2,1H3/t18-/m0/s1. The van der Waals surface area contributed by atoms with Gasteiger partial charge in [-0.1, -0.05) is 28.1 Å². The summed E-state index contributed by atoms with van der Waals surface area (Å²) in [5.74, 6) is -0.538. The van der Waals surface area contributed by atoms with Crippen molar-refractivity contribution in [3.8, 4) is 0 Å². The fourth-order valence-corrected chi connectivity index (χ4v) is 3.75. The first kappa shape index (κ1) is 18.3. The third-order valence-electron chi connectivity index (χ3n) is 4.58. The van der Waals surface area contributed by atoms with Crippen molar-refractivity contribution in [3.63, 3.8) is 0 Å². The van der Waals surface area contributed by atoms with E-state index >= 15 is 0 Å². The summed E-state index contributed by atoms with van der Waals surface area (Å²) in [6, 6.07) is 13.2. The van der Waals surface area contributed by atoms with Gasteiger partial charge in [-0.2, -0.15) is 0 Å². The molecule has 4 rings (SSSR count). The maximum absolute atomic E-state index is 13.1. The molecule has 3 aromatic rings. The van der Waals surface area contributed by atoms with E-state index in [1.165, 1.54) is 17.2 Å². The van der Waals surface area contributed by atoms with Crippen LogP contribution in [0.2, 0.25) is 0 Å². The Morgan fingerprint density at radius 2 is 2.04 bits per heavy atom. The molecule has 0 radical (unpaired) electrons. The first-order chi connectivity index (χ1) is 13.5. The van der Waals surface area contributed by atoms with Crippen LogP contribution in [0.5, 0.6) is 0 Å². The number of aryl methyl sites for hydroxylation is 1. The normalized spacial score (nSPS) is 16.9. The summed E-state index contributed by atoms with van der Waals surface area (Å²) in [6.45, 7) is 1.83. The third kappa shape index (κ3) is 3.18. The van der Waals surface area contributed by atoms with E-state index in [1.807, 2.05) is 18.2 Å². The second-order valence-corrected chi connectivity index (χ2v) is 7.39. The average molecular weight is 442 g/mol. The van der Waals surface area contributed by atoms with Crippen molar-refractivity contribution in [1.29, 1.82) is 0 Å². The van der Waals surface area contributed by atoms with Gasteiger partial charge in [-0.15, -0.1) is 0 Å². The lowest BCUT2D eigenvalue weighted by atomic mass is 9.95. The van der Waals surface area contributed by atoms with Gasteiger partial charge >= 0.3 is 0 Å². The van der Waals surface area contributed by atoms with Crippen molar-refractivity contribution >= 4 is 27.6 Å². The van der Waals surface area contributed by atoms with Gasteiger partial charge in [0.15, 0.2) is 11.5 Å². The van der Waals surface area contributed by atoms with Crippen LogP contribution < -0.4 is 0 Å². The molecule has 0 bridgehead atoms. The van der Waals surface area contributed by atoms with Gasteiger partial charge in [0.25, 0.3) is 5.91 Å². The lowest BCUT2D eigenvalue weighted by molar-refractivity contribution is -0.130. The number of hydrogen-bond donors (Lipinski definition) is 1. The highest BCUT2D eigenvalue weighted by atomic mass is 79.9. The Balaban J connectivity index is 1.81. The molecule has 1 atom stereocenters. The summed E-state index contributed by atoms with van der Waals surface area (Å²) < 4.78 is 11.6. The number of ketones is 1. The first-order valence-electron chi connectivity index (χ1n) is 8.59. The van der Waals surface area contributed by atoms with E-state index in [2.05, 4.69) is 15.9 Å². The van der Waals surface area contributed by atoms with Gasteiger partial charge in [-0.05, 0) is 48.9 Å². The molecule has 2 aromatic heterocycles. The molecule has 1 aromatic carbocycles. The van der Waals surface area contributed by atoms with Crippen LogP contribution in [0.15, 0.2) is 79.4 Å². The lowest BCUT2D eigenvalue weighted by Crippen LogP contribution is -2.30. The Bertz CT molecular complexity index is 1080. The van der Waals surface area contributed by atoms with E-state index in [4.69, 9.17) is 8.83 Å². The van der Waals surface area contributed by atoms with Gasteiger partial charge in [-0.3, -0.25) is 9.59 Å². The van der Waals surface area contributed by atoms with Crippen LogP contribution in [0, 0.1) is 6.92 Å². The summed E-state index contributed by atoms with van der Waals surface area (Å²) >= 11 is 3.42. The fraction of sp³-hybridized carbons (Fsp3) is 0.143. The van der Waals surface area contributed by atoms with Crippen LogP contribution in [-0.2, 0) is 11.3 Å². The molecular formula is C21H16BrNO5. The topological polar surface area (TPSA) is 83.9 Å². The molecule has 3 heterocycles. The maximum atomic E-state index is 13.1. The molecule has 1 aliphatic rings. The van der Waals surface area contributed by atoms with E-state index in [-0.39, 0.29) is 17.9 Å². The molecule has 0 aliphatic carbocycles. The number of furan rings is 2. The minimum absolute atomic E-state index is 0.0102. The number of aliphatic hydroxyl groups excluding tert-OH is 1. The van der Waals surface area contributed by atoms with Crippen molar-refractivity contribution in [2.45, 2.75) is 19.5 Å². The van der Waals surface area contributed by atoms with Gasteiger partial charge in [0.05, 0.1) is 24.4 Å². The zero-order valence-corrected chi connectivity index (χ0v) is 16.5. The Morgan fingerprint density at radius 3 is 2.68 bits per heavy atom. The number of carbonyl (C=O) groups is 2. The van der Waals surface area contributed by atoms with Gasteiger partial charge in [-0.25, -0.2) is 0 Å². The molecule has 6 nitrogen and oxygen atoms in total. The SMILES string of the molecule is Cc1ccc(C(=O)C2=C(O)C(=O)N(Cc3ccco3)[C@H]2c2cccc(Br)c2)o1. The number of aliphatic hydroxyl groups is 1. The summed E-state index contributed by atoms with van der Waals surface area (Å²) in [4.78, 5) is 27.4. The van der Waals surface area contributed by atoms with Crippen molar-refractivity contribution < 1.29 is 23.5 Å². The zero-order chi connectivity index (χ0) is 19.8. The molecule has 28 heavy (non-hydrogen) atoms. The largest absolute Gasteiger partial charge is 0.503 e. The lowest BCUT2D eigenvalue weighted by Gasteiger charge is -2.26. The smallest absolute Gasteiger partial charge is 0.290 e. The average Bonchev–Trinajstić information content (AvgIpc) is 3.38. The van der Waals surface area contributed by atoms with Crippen LogP contribution in [0.25, 0.3) is 0 Å². The number of benzene rings is 1. The second kappa shape index (κ2) is 7.16. The molecular weight excluding hydrogens is 426 g/mol. The Morgan fingerprint density at radius 1 is 1.21 bits per heavy atom. The van der Waals surface area contributed by atoms with Crippen molar-refractivity contribution in [2.75, 3.05) is 0 Å². The molecule has 0 spiro atoms. The monoisotopic (exact) mass is 441 g/mol. The Kier molecular flexibility index (Phi) is 4.68. The number of amides is 1. The van der Waals surface area contributed by atoms with Crippen LogP contribution >= 0.6 is 15.9 Å². The Labute approximate surface area is 169 Å². The minimum Gasteiger partial charge on any atom is -0.503 e. The predicted octanol–water partition coefficient (Wildman–Crippen LogP) is 4.72. The summed E-state index contributed by atoms with van der Waals surface area (Å²) in [7, 11) is 0.